The summed E-state index contributed by atoms with van der Waals surface area (Å²) < 4.78 is 7.04. The van der Waals surface area contributed by atoms with Crippen LogP contribution in [-0.2, 0) is 22.5 Å². The third-order valence-electron chi connectivity index (χ3n) is 4.98. The second kappa shape index (κ2) is 9.91. The van der Waals surface area contributed by atoms with Crippen LogP contribution < -0.4 is 0 Å². The lowest BCUT2D eigenvalue weighted by Crippen LogP contribution is -2.05. The fourth-order valence-electron chi connectivity index (χ4n) is 3.49. The Bertz CT molecular complexity index is 1330. The number of ether oxygens (including phenoxy) is 1. The molecule has 0 aliphatic rings. The second-order valence-corrected chi connectivity index (χ2v) is 8.10. The highest BCUT2D eigenvalue weighted by molar-refractivity contribution is 7.14. The Kier molecular flexibility index (Phi) is 7.04. The zero-order valence-corrected chi connectivity index (χ0v) is 18.7. The van der Waals surface area contributed by atoms with Crippen molar-refractivity contribution in [3.05, 3.63) is 75.1 Å². The highest BCUT2D eigenvalue weighted by Crippen LogP contribution is 2.30. The van der Waals surface area contributed by atoms with Gasteiger partial charge >= 0.3 is 5.97 Å². The molecule has 2 heterocycles. The second-order valence-electron chi connectivity index (χ2n) is 7.00. The normalized spacial score (nSPS) is 11.1. The number of allylic oxidation sites excluding steroid dienone is 2. The molecular weight excluding hydrogens is 422 g/mol. The third-order valence-corrected chi connectivity index (χ3v) is 6.25. The zero-order chi connectivity index (χ0) is 23.3. The first kappa shape index (κ1) is 22.7. The molecule has 0 aliphatic carbocycles. The average molecular weight is 444 g/mol. The molecule has 3 aromatic rings. The van der Waals surface area contributed by atoms with Crippen LogP contribution in [0.15, 0.2) is 48.7 Å². The fraction of sp³-hybridized carbons (Fsp3) is 0.200. The monoisotopic (exact) mass is 443 g/mol. The van der Waals surface area contributed by atoms with E-state index in [4.69, 9.17) is 4.74 Å². The number of para-hydroxylation sites is 1. The Morgan fingerprint density at radius 3 is 2.69 bits per heavy atom. The average Bonchev–Trinajstić information content (AvgIpc) is 3.29. The molecule has 0 unspecified atom stereocenters. The number of aromatic nitrogens is 1. The number of nitriles is 2. The molecular formula is C25H21N3O3S. The SMILES string of the molecule is C=CCn1cc(/C=C(\C#N)C(=O)Cc2sc(C(=O)OCC)c(C)c2C#N)c2ccccc21. The van der Waals surface area contributed by atoms with Crippen molar-refractivity contribution in [3.8, 4) is 12.1 Å². The number of fused-ring (bicyclic) bond motifs is 1. The number of rotatable bonds is 8. The van der Waals surface area contributed by atoms with Gasteiger partial charge in [0.25, 0.3) is 0 Å². The minimum absolute atomic E-state index is 0.0147. The van der Waals surface area contributed by atoms with Gasteiger partial charge in [-0.2, -0.15) is 10.5 Å². The van der Waals surface area contributed by atoms with E-state index in [1.807, 2.05) is 41.1 Å². The predicted molar refractivity (Wildman–Crippen MR) is 124 cm³/mol. The molecule has 3 rings (SSSR count). The largest absolute Gasteiger partial charge is 0.462 e. The molecule has 0 spiro atoms. The van der Waals surface area contributed by atoms with E-state index in [1.54, 1.807) is 26.0 Å². The number of hydrogen-bond acceptors (Lipinski definition) is 6. The van der Waals surface area contributed by atoms with Crippen LogP contribution in [0.4, 0.5) is 0 Å². The lowest BCUT2D eigenvalue weighted by Gasteiger charge is -1.99. The van der Waals surface area contributed by atoms with E-state index >= 15 is 0 Å². The van der Waals surface area contributed by atoms with Crippen molar-refractivity contribution in [2.45, 2.75) is 26.8 Å². The lowest BCUT2D eigenvalue weighted by molar-refractivity contribution is -0.114. The van der Waals surface area contributed by atoms with Gasteiger partial charge in [-0.05, 0) is 31.6 Å². The number of nitrogens with zero attached hydrogens (tertiary/aromatic N) is 3. The minimum Gasteiger partial charge on any atom is -0.462 e. The Hall–Kier alpha value is -3.94. The Morgan fingerprint density at radius 1 is 1.28 bits per heavy atom. The zero-order valence-electron chi connectivity index (χ0n) is 17.8. The van der Waals surface area contributed by atoms with Crippen molar-refractivity contribution in [2.24, 2.45) is 0 Å². The van der Waals surface area contributed by atoms with Crippen LogP contribution in [0.1, 0.15) is 38.2 Å². The van der Waals surface area contributed by atoms with Gasteiger partial charge in [0.05, 0.1) is 17.7 Å². The van der Waals surface area contributed by atoms with Gasteiger partial charge < -0.3 is 9.30 Å². The quantitative estimate of drug-likeness (QED) is 0.212. The number of carbonyl (C=O) groups excluding carboxylic acids is 2. The third kappa shape index (κ3) is 4.39. The molecule has 6 nitrogen and oxygen atoms in total. The Labute approximate surface area is 190 Å². The molecule has 0 fully saturated rings. The molecule has 0 amide bonds. The van der Waals surface area contributed by atoms with Crippen molar-refractivity contribution in [3.63, 3.8) is 0 Å². The maximum atomic E-state index is 13.0. The van der Waals surface area contributed by atoms with Crippen molar-refractivity contribution < 1.29 is 14.3 Å². The van der Waals surface area contributed by atoms with E-state index in [2.05, 4.69) is 12.6 Å². The molecule has 0 N–H and O–H groups in total. The maximum Gasteiger partial charge on any atom is 0.348 e. The van der Waals surface area contributed by atoms with Crippen LogP contribution in [0, 0.1) is 29.6 Å². The molecule has 0 saturated heterocycles. The van der Waals surface area contributed by atoms with Gasteiger partial charge in [-0.15, -0.1) is 17.9 Å². The maximum absolute atomic E-state index is 13.0. The highest BCUT2D eigenvalue weighted by Gasteiger charge is 2.23. The molecule has 160 valence electrons. The van der Waals surface area contributed by atoms with E-state index in [1.165, 1.54) is 0 Å². The van der Waals surface area contributed by atoms with Crippen LogP contribution in [0.3, 0.4) is 0 Å². The first-order valence-electron chi connectivity index (χ1n) is 9.98. The van der Waals surface area contributed by atoms with Crippen LogP contribution >= 0.6 is 11.3 Å². The summed E-state index contributed by atoms with van der Waals surface area (Å²) in [6, 6.07) is 11.8. The number of carbonyl (C=O) groups is 2. The predicted octanol–water partition coefficient (Wildman–Crippen LogP) is 4.96. The molecule has 0 saturated carbocycles. The molecule has 0 aliphatic heterocycles. The molecule has 32 heavy (non-hydrogen) atoms. The van der Waals surface area contributed by atoms with Gasteiger partial charge in [0.1, 0.15) is 17.0 Å². The van der Waals surface area contributed by atoms with Crippen molar-refractivity contribution in [1.82, 2.24) is 4.57 Å². The Morgan fingerprint density at radius 2 is 2.03 bits per heavy atom. The van der Waals surface area contributed by atoms with Gasteiger partial charge in [0.2, 0.25) is 0 Å². The van der Waals surface area contributed by atoms with Crippen molar-refractivity contribution in [1.29, 1.82) is 10.5 Å². The fourth-order valence-corrected chi connectivity index (χ4v) is 4.64. The van der Waals surface area contributed by atoms with Crippen LogP contribution in [0.2, 0.25) is 0 Å². The Balaban J connectivity index is 1.97. The molecule has 2 aromatic heterocycles. The molecule has 7 heteroatoms. The first-order chi connectivity index (χ1) is 15.4. The first-order valence-corrected chi connectivity index (χ1v) is 10.8. The summed E-state index contributed by atoms with van der Waals surface area (Å²) in [7, 11) is 0. The summed E-state index contributed by atoms with van der Waals surface area (Å²) in [4.78, 5) is 25.9. The summed E-state index contributed by atoms with van der Waals surface area (Å²) in [6.07, 6.45) is 5.09. The minimum atomic E-state index is -0.517. The van der Waals surface area contributed by atoms with E-state index in [9.17, 15) is 20.1 Å². The highest BCUT2D eigenvalue weighted by atomic mass is 32.1. The van der Waals surface area contributed by atoms with E-state index in [0.717, 1.165) is 27.8 Å². The number of hydrogen-bond donors (Lipinski definition) is 0. The van der Waals surface area contributed by atoms with E-state index in [-0.39, 0.29) is 24.2 Å². The standard InChI is InChI=1S/C25H21N3O3S/c1-4-10-28-15-18(19-8-6-7-9-21(19)28)11-17(13-26)22(29)12-23-20(14-27)16(3)24(32-23)25(30)31-5-2/h4,6-9,11,15H,1,5,10,12H2,2-3H3/b17-11+. The van der Waals surface area contributed by atoms with Crippen LogP contribution in [0.25, 0.3) is 17.0 Å². The van der Waals surface area contributed by atoms with Gasteiger partial charge in [0.15, 0.2) is 5.78 Å². The van der Waals surface area contributed by atoms with E-state index in [0.29, 0.717) is 21.9 Å². The van der Waals surface area contributed by atoms with E-state index < -0.39 is 11.8 Å². The molecule has 0 atom stereocenters. The summed E-state index contributed by atoms with van der Waals surface area (Å²) in [5.74, 6) is -0.933. The van der Waals surface area contributed by atoms with Gasteiger partial charge in [0, 0.05) is 40.5 Å². The number of Topliss-reactive ketones (excluding diaryl/α,β-unsaturated/α-hetero) is 1. The smallest absolute Gasteiger partial charge is 0.348 e. The van der Waals surface area contributed by atoms with Gasteiger partial charge in [-0.1, -0.05) is 24.3 Å². The number of ketones is 1. The summed E-state index contributed by atoms with van der Waals surface area (Å²) in [5.41, 5.74) is 2.49. The molecule has 0 radical (unpaired) electrons. The summed E-state index contributed by atoms with van der Waals surface area (Å²) in [5, 5.41) is 20.1. The number of benzene rings is 1. The topological polar surface area (TPSA) is 95.9 Å². The number of thiophene rings is 1. The molecule has 1 aromatic carbocycles. The van der Waals surface area contributed by atoms with Crippen molar-refractivity contribution >= 4 is 40.1 Å². The summed E-state index contributed by atoms with van der Waals surface area (Å²) >= 11 is 1.06. The van der Waals surface area contributed by atoms with Gasteiger partial charge in [-0.3, -0.25) is 4.79 Å². The van der Waals surface area contributed by atoms with Crippen LogP contribution in [0.5, 0.6) is 0 Å². The molecule has 0 bridgehead atoms. The van der Waals surface area contributed by atoms with Crippen molar-refractivity contribution in [2.75, 3.05) is 6.61 Å². The van der Waals surface area contributed by atoms with Crippen LogP contribution in [-0.4, -0.2) is 22.9 Å². The number of esters is 1. The van der Waals surface area contributed by atoms with Gasteiger partial charge in [-0.25, -0.2) is 4.79 Å². The summed E-state index contributed by atoms with van der Waals surface area (Å²) in [6.45, 7) is 7.94. The lowest BCUT2D eigenvalue weighted by atomic mass is 10.0.